The van der Waals surface area contributed by atoms with Crippen LogP contribution >= 0.6 is 0 Å². The smallest absolute Gasteiger partial charge is 0.168 e. The molecule has 11 nitrogen and oxygen atoms in total. The third kappa shape index (κ3) is 4.13. The van der Waals surface area contributed by atoms with Crippen molar-refractivity contribution in [2.24, 2.45) is 0 Å². The predicted molar refractivity (Wildman–Crippen MR) is 110 cm³/mol. The quantitative estimate of drug-likeness (QED) is 0.456. The largest absolute Gasteiger partial charge is 0.387 e. The lowest BCUT2D eigenvalue weighted by molar-refractivity contribution is -0.0580. The van der Waals surface area contributed by atoms with Crippen LogP contribution in [-0.4, -0.2) is 99.9 Å². The first-order valence-electron chi connectivity index (χ1n) is 10.4. The summed E-state index contributed by atoms with van der Waals surface area (Å²) >= 11 is 0. The first kappa shape index (κ1) is 21.3. The Morgan fingerprint density at radius 1 is 1.23 bits per heavy atom. The molecule has 0 saturated carbocycles. The number of aromatic nitrogens is 4. The van der Waals surface area contributed by atoms with Gasteiger partial charge in [0.05, 0.1) is 19.5 Å². The molecule has 0 spiro atoms. The van der Waals surface area contributed by atoms with Crippen LogP contribution in [0.2, 0.25) is 0 Å². The van der Waals surface area contributed by atoms with Crippen LogP contribution in [-0.2, 0) is 16.0 Å². The molecule has 2 aromatic rings. The van der Waals surface area contributed by atoms with Gasteiger partial charge >= 0.3 is 0 Å². The van der Waals surface area contributed by atoms with Gasteiger partial charge in [0.25, 0.3) is 0 Å². The Bertz CT molecular complexity index is 855. The molecule has 0 aliphatic carbocycles. The topological polar surface area (TPSA) is 130 Å². The highest BCUT2D eigenvalue weighted by molar-refractivity contribution is 5.83. The number of methoxy groups -OCH3 is 1. The van der Waals surface area contributed by atoms with Crippen molar-refractivity contribution in [2.75, 3.05) is 46.2 Å². The van der Waals surface area contributed by atoms with E-state index in [1.807, 2.05) is 0 Å². The second kappa shape index (κ2) is 9.08. The number of anilines is 1. The monoisotopic (exact) mass is 421 g/mol. The van der Waals surface area contributed by atoms with E-state index in [1.165, 1.54) is 7.11 Å². The highest BCUT2D eigenvalue weighted by Gasteiger charge is 2.44. The van der Waals surface area contributed by atoms with E-state index < -0.39 is 24.5 Å². The van der Waals surface area contributed by atoms with E-state index in [0.29, 0.717) is 35.4 Å². The standard InChI is InChI=1S/C19H31N7O4/c1-20-17-14-18(24-13(23-17)8-21-11-4-6-25(2)7-5-11)26(10-22-14)19-16(28)15(27)12(30-19)9-29-3/h10-12,15-16,19,21,27-28H,4-9H2,1-3H3,(H,20,23,24)/t12-,15-,16-,19-/m1/s1. The van der Waals surface area contributed by atoms with Gasteiger partial charge in [-0.05, 0) is 33.0 Å². The Labute approximate surface area is 175 Å². The average Bonchev–Trinajstić information content (AvgIpc) is 3.29. The molecule has 4 heterocycles. The van der Waals surface area contributed by atoms with Crippen molar-refractivity contribution in [3.8, 4) is 0 Å². The van der Waals surface area contributed by atoms with Gasteiger partial charge in [-0.1, -0.05) is 0 Å². The van der Waals surface area contributed by atoms with E-state index in [0.717, 1.165) is 25.9 Å². The van der Waals surface area contributed by atoms with E-state index >= 15 is 0 Å². The lowest BCUT2D eigenvalue weighted by Crippen LogP contribution is -2.40. The molecule has 11 heteroatoms. The van der Waals surface area contributed by atoms with Crippen LogP contribution in [0.15, 0.2) is 6.33 Å². The third-order valence-electron chi connectivity index (χ3n) is 5.91. The molecule has 0 unspecified atom stereocenters. The number of nitrogens with zero attached hydrogens (tertiary/aromatic N) is 5. The maximum Gasteiger partial charge on any atom is 0.168 e. The molecule has 2 saturated heterocycles. The molecule has 0 amide bonds. The molecule has 4 atom stereocenters. The molecule has 0 bridgehead atoms. The summed E-state index contributed by atoms with van der Waals surface area (Å²) in [5.74, 6) is 1.24. The summed E-state index contributed by atoms with van der Waals surface area (Å²) in [6.45, 7) is 2.87. The minimum absolute atomic E-state index is 0.184. The van der Waals surface area contributed by atoms with Crippen molar-refractivity contribution in [2.45, 2.75) is 50.0 Å². The molecule has 30 heavy (non-hydrogen) atoms. The minimum Gasteiger partial charge on any atom is -0.387 e. The number of hydrogen-bond donors (Lipinski definition) is 4. The maximum atomic E-state index is 10.5. The van der Waals surface area contributed by atoms with Crippen molar-refractivity contribution in [3.05, 3.63) is 12.2 Å². The number of imidazole rings is 1. The highest BCUT2D eigenvalue weighted by atomic mass is 16.6. The summed E-state index contributed by atoms with van der Waals surface area (Å²) in [5, 5.41) is 27.4. The third-order valence-corrected chi connectivity index (χ3v) is 5.91. The molecule has 2 aromatic heterocycles. The predicted octanol–water partition coefficient (Wildman–Crippen LogP) is -0.683. The van der Waals surface area contributed by atoms with Gasteiger partial charge in [-0.3, -0.25) is 4.57 Å². The molecule has 0 radical (unpaired) electrons. The zero-order valence-electron chi connectivity index (χ0n) is 17.7. The Kier molecular flexibility index (Phi) is 6.46. The summed E-state index contributed by atoms with van der Waals surface area (Å²) in [4.78, 5) is 16.0. The number of aliphatic hydroxyl groups excluding tert-OH is 2. The van der Waals surface area contributed by atoms with Gasteiger partial charge < -0.3 is 35.2 Å². The van der Waals surface area contributed by atoms with E-state index in [9.17, 15) is 10.2 Å². The SMILES string of the molecule is CNc1nc(CNC2CCN(C)CC2)nc2c1ncn2[C@@H]1O[C@H](COC)[C@@H](O)[C@H]1O. The number of hydrogen-bond acceptors (Lipinski definition) is 10. The van der Waals surface area contributed by atoms with Gasteiger partial charge in [-0.25, -0.2) is 15.0 Å². The number of likely N-dealkylation sites (tertiary alicyclic amines) is 1. The Morgan fingerprint density at radius 3 is 2.70 bits per heavy atom. The first-order valence-corrected chi connectivity index (χ1v) is 10.4. The second-order valence-corrected chi connectivity index (χ2v) is 8.02. The van der Waals surface area contributed by atoms with E-state index in [2.05, 4.69) is 32.5 Å². The van der Waals surface area contributed by atoms with Gasteiger partial charge in [-0.2, -0.15) is 0 Å². The van der Waals surface area contributed by atoms with E-state index in [-0.39, 0.29) is 6.61 Å². The summed E-state index contributed by atoms with van der Waals surface area (Å²) in [6.07, 6.45) is 0.153. The summed E-state index contributed by atoms with van der Waals surface area (Å²) < 4.78 is 12.6. The van der Waals surface area contributed by atoms with Gasteiger partial charge in [0.2, 0.25) is 0 Å². The molecule has 4 N–H and O–H groups in total. The van der Waals surface area contributed by atoms with Gasteiger partial charge in [0, 0.05) is 20.2 Å². The van der Waals surface area contributed by atoms with Gasteiger partial charge in [-0.15, -0.1) is 0 Å². The molecule has 4 rings (SSSR count). The number of aliphatic hydroxyl groups is 2. The highest BCUT2D eigenvalue weighted by Crippen LogP contribution is 2.32. The van der Waals surface area contributed by atoms with E-state index in [4.69, 9.17) is 14.5 Å². The zero-order valence-corrected chi connectivity index (χ0v) is 17.7. The lowest BCUT2D eigenvalue weighted by Gasteiger charge is -2.29. The van der Waals surface area contributed by atoms with E-state index in [1.54, 1.807) is 17.9 Å². The normalized spacial score (nSPS) is 28.4. The average molecular weight is 422 g/mol. The van der Waals surface area contributed by atoms with Crippen molar-refractivity contribution in [1.29, 1.82) is 0 Å². The molecule has 2 aliphatic rings. The summed E-state index contributed by atoms with van der Waals surface area (Å²) in [5.41, 5.74) is 1.13. The summed E-state index contributed by atoms with van der Waals surface area (Å²) in [6, 6.07) is 0.438. The lowest BCUT2D eigenvalue weighted by atomic mass is 10.1. The van der Waals surface area contributed by atoms with Crippen molar-refractivity contribution < 1.29 is 19.7 Å². The molecule has 166 valence electrons. The van der Waals surface area contributed by atoms with Crippen LogP contribution in [0.25, 0.3) is 11.2 Å². The Morgan fingerprint density at radius 2 is 2.00 bits per heavy atom. The molecule has 2 fully saturated rings. The van der Waals surface area contributed by atoms with Crippen LogP contribution in [0.5, 0.6) is 0 Å². The molecule has 0 aromatic carbocycles. The molecule has 2 aliphatic heterocycles. The second-order valence-electron chi connectivity index (χ2n) is 8.02. The number of piperidine rings is 1. The molecular formula is C19H31N7O4. The Balaban J connectivity index is 1.57. The fourth-order valence-corrected chi connectivity index (χ4v) is 4.11. The first-order chi connectivity index (χ1) is 14.5. The number of nitrogens with one attached hydrogen (secondary N) is 2. The van der Waals surface area contributed by atoms with Crippen molar-refractivity contribution >= 4 is 17.0 Å². The molecular weight excluding hydrogens is 390 g/mol. The summed E-state index contributed by atoms with van der Waals surface area (Å²) in [7, 11) is 5.45. The van der Waals surface area contributed by atoms with Crippen LogP contribution in [0, 0.1) is 0 Å². The van der Waals surface area contributed by atoms with Crippen LogP contribution < -0.4 is 10.6 Å². The fraction of sp³-hybridized carbons (Fsp3) is 0.737. The van der Waals surface area contributed by atoms with Crippen LogP contribution in [0.3, 0.4) is 0 Å². The van der Waals surface area contributed by atoms with Crippen molar-refractivity contribution in [1.82, 2.24) is 29.7 Å². The maximum absolute atomic E-state index is 10.5. The minimum atomic E-state index is -1.11. The number of ether oxygens (including phenoxy) is 2. The van der Waals surface area contributed by atoms with Crippen LogP contribution in [0.4, 0.5) is 5.82 Å². The van der Waals surface area contributed by atoms with Crippen LogP contribution in [0.1, 0.15) is 24.9 Å². The number of fused-ring (bicyclic) bond motifs is 1. The number of rotatable bonds is 7. The Hall–Kier alpha value is -1.89. The van der Waals surface area contributed by atoms with Gasteiger partial charge in [0.15, 0.2) is 23.2 Å². The van der Waals surface area contributed by atoms with Gasteiger partial charge in [0.1, 0.15) is 24.1 Å². The van der Waals surface area contributed by atoms with Crippen molar-refractivity contribution in [3.63, 3.8) is 0 Å². The zero-order chi connectivity index (χ0) is 21.3. The fourth-order valence-electron chi connectivity index (χ4n) is 4.11.